The maximum Gasteiger partial charge on any atom is 0.255 e. The fraction of sp³-hybridized carbons (Fsp3) is 0.360. The van der Waals surface area contributed by atoms with Crippen LogP contribution < -0.4 is 21.3 Å². The summed E-state index contributed by atoms with van der Waals surface area (Å²) in [6.45, 7) is 6.38. The van der Waals surface area contributed by atoms with E-state index in [1.54, 1.807) is 18.6 Å². The van der Waals surface area contributed by atoms with E-state index in [1.165, 1.54) is 0 Å². The monoisotopic (exact) mass is 437 g/mol. The Balaban J connectivity index is 2.01. The molecule has 3 rings (SSSR count). The van der Waals surface area contributed by atoms with Crippen LogP contribution in [0.2, 0.25) is 0 Å². The molecule has 0 fully saturated rings. The zero-order chi connectivity index (χ0) is 23.3. The molecule has 0 aliphatic carbocycles. The molecule has 0 bridgehead atoms. The first-order valence-corrected chi connectivity index (χ1v) is 10.7. The molecule has 0 aliphatic heterocycles. The van der Waals surface area contributed by atoms with Crippen molar-refractivity contribution in [3.05, 3.63) is 70.5 Å². The van der Waals surface area contributed by atoms with Crippen molar-refractivity contribution in [3.8, 4) is 11.5 Å². The third-order valence-corrected chi connectivity index (χ3v) is 5.64. The Kier molecular flexibility index (Phi) is 7.33. The molecule has 1 atom stereocenters. The number of pyridine rings is 1. The molecule has 7 heteroatoms. The molecule has 0 spiro atoms. The van der Waals surface area contributed by atoms with Crippen molar-refractivity contribution < 1.29 is 14.3 Å². The van der Waals surface area contributed by atoms with Gasteiger partial charge in [-0.3, -0.25) is 9.59 Å². The number of carbonyl (C=O) groups is 1. The normalized spacial score (nSPS) is 12.6. The van der Waals surface area contributed by atoms with Crippen LogP contribution in [0.3, 0.4) is 0 Å². The van der Waals surface area contributed by atoms with Gasteiger partial charge in [-0.2, -0.15) is 0 Å². The molecule has 32 heavy (non-hydrogen) atoms. The average molecular weight is 438 g/mol. The van der Waals surface area contributed by atoms with E-state index in [9.17, 15) is 9.59 Å². The van der Waals surface area contributed by atoms with E-state index in [2.05, 4.69) is 5.32 Å². The number of rotatable bonds is 10. The molecule has 1 aromatic heterocycles. The van der Waals surface area contributed by atoms with E-state index in [4.69, 9.17) is 15.2 Å². The Morgan fingerprint density at radius 3 is 2.50 bits per heavy atom. The van der Waals surface area contributed by atoms with Gasteiger partial charge in [0.1, 0.15) is 11.5 Å². The van der Waals surface area contributed by atoms with Crippen LogP contribution >= 0.6 is 0 Å². The average Bonchev–Trinajstić information content (AvgIpc) is 2.77. The minimum absolute atomic E-state index is 0.120. The molecule has 7 nitrogen and oxygen atoms in total. The largest absolute Gasteiger partial charge is 0.457 e. The maximum absolute atomic E-state index is 13.4. The first kappa shape index (κ1) is 23.5. The lowest BCUT2D eigenvalue weighted by Crippen LogP contribution is -2.40. The van der Waals surface area contributed by atoms with E-state index in [0.717, 1.165) is 16.7 Å². The molecular formula is C25H31N3O4. The van der Waals surface area contributed by atoms with E-state index in [-0.39, 0.29) is 17.7 Å². The number of hydrogen-bond donors (Lipinski definition) is 2. The summed E-state index contributed by atoms with van der Waals surface area (Å²) in [5.74, 6) is 0.911. The Morgan fingerprint density at radius 2 is 1.84 bits per heavy atom. The van der Waals surface area contributed by atoms with Crippen molar-refractivity contribution in [3.63, 3.8) is 0 Å². The zero-order valence-electron chi connectivity index (χ0n) is 19.1. The van der Waals surface area contributed by atoms with Crippen LogP contribution in [0.4, 0.5) is 0 Å². The Bertz CT molecular complexity index is 1140. The van der Waals surface area contributed by atoms with Gasteiger partial charge >= 0.3 is 0 Å². The summed E-state index contributed by atoms with van der Waals surface area (Å²) in [6.07, 6.45) is 0.650. The van der Waals surface area contributed by atoms with E-state index < -0.39 is 11.9 Å². The molecule has 3 N–H and O–H groups in total. The number of methoxy groups -OCH3 is 1. The van der Waals surface area contributed by atoms with Crippen LogP contribution in [0.1, 0.15) is 32.8 Å². The highest BCUT2D eigenvalue weighted by Crippen LogP contribution is 2.26. The lowest BCUT2D eigenvalue weighted by Gasteiger charge is -2.24. The Morgan fingerprint density at radius 1 is 1.12 bits per heavy atom. The SMILES string of the molecule is COC(C)(C)CCn1c(=O)c(CNC(C)C(N)=O)cc2ccc(Oc3ccccc3)cc21. The molecule has 3 aromatic rings. The highest BCUT2D eigenvalue weighted by atomic mass is 16.5. The van der Waals surface area contributed by atoms with Crippen molar-refractivity contribution in [2.75, 3.05) is 7.11 Å². The second kappa shape index (κ2) is 9.97. The van der Waals surface area contributed by atoms with Gasteiger partial charge in [0.05, 0.1) is 17.2 Å². The number of primary amides is 1. The first-order valence-electron chi connectivity index (χ1n) is 10.7. The van der Waals surface area contributed by atoms with Gasteiger partial charge in [-0.25, -0.2) is 0 Å². The number of nitrogens with zero attached hydrogens (tertiary/aromatic N) is 1. The van der Waals surface area contributed by atoms with Crippen LogP contribution in [0.15, 0.2) is 59.4 Å². The summed E-state index contributed by atoms with van der Waals surface area (Å²) in [7, 11) is 1.66. The number of aryl methyl sites for hydroxylation is 1. The fourth-order valence-corrected chi connectivity index (χ4v) is 3.29. The lowest BCUT2D eigenvalue weighted by atomic mass is 10.0. The van der Waals surface area contributed by atoms with Crippen molar-refractivity contribution in [1.82, 2.24) is 9.88 Å². The molecule has 1 amide bonds. The molecule has 0 radical (unpaired) electrons. The lowest BCUT2D eigenvalue weighted by molar-refractivity contribution is -0.119. The summed E-state index contributed by atoms with van der Waals surface area (Å²) in [6, 6.07) is 16.5. The van der Waals surface area contributed by atoms with E-state index in [1.807, 2.05) is 68.4 Å². The van der Waals surface area contributed by atoms with Crippen LogP contribution in [0.25, 0.3) is 10.9 Å². The Hall–Kier alpha value is -3.16. The highest BCUT2D eigenvalue weighted by Gasteiger charge is 2.19. The smallest absolute Gasteiger partial charge is 0.255 e. The molecule has 1 unspecified atom stereocenters. The number of carbonyl (C=O) groups excluding carboxylic acids is 1. The second-order valence-electron chi connectivity index (χ2n) is 8.48. The molecule has 170 valence electrons. The number of aromatic nitrogens is 1. The number of nitrogens with two attached hydrogens (primary N) is 1. The summed E-state index contributed by atoms with van der Waals surface area (Å²) < 4.78 is 13.3. The number of benzene rings is 2. The molecule has 0 saturated heterocycles. The van der Waals surface area contributed by atoms with E-state index in [0.29, 0.717) is 24.3 Å². The van der Waals surface area contributed by atoms with Crippen LogP contribution in [0.5, 0.6) is 11.5 Å². The number of para-hydroxylation sites is 1. The topological polar surface area (TPSA) is 95.6 Å². The number of ether oxygens (including phenoxy) is 2. The molecule has 2 aromatic carbocycles. The van der Waals surface area contributed by atoms with Gasteiger partial charge in [-0.05, 0) is 62.9 Å². The van der Waals surface area contributed by atoms with Crippen LogP contribution in [0, 0.1) is 0 Å². The second-order valence-corrected chi connectivity index (χ2v) is 8.48. The van der Waals surface area contributed by atoms with Crippen molar-refractivity contribution in [2.24, 2.45) is 5.73 Å². The summed E-state index contributed by atoms with van der Waals surface area (Å²) >= 11 is 0. The van der Waals surface area contributed by atoms with Gasteiger partial charge in [-0.1, -0.05) is 18.2 Å². The van der Waals surface area contributed by atoms with Crippen molar-refractivity contribution in [1.29, 1.82) is 0 Å². The Labute approximate surface area is 188 Å². The van der Waals surface area contributed by atoms with Gasteiger partial charge in [0, 0.05) is 31.8 Å². The minimum atomic E-state index is -0.535. The van der Waals surface area contributed by atoms with Gasteiger partial charge in [-0.15, -0.1) is 0 Å². The summed E-state index contributed by atoms with van der Waals surface area (Å²) in [5.41, 5.74) is 6.19. The fourth-order valence-electron chi connectivity index (χ4n) is 3.29. The van der Waals surface area contributed by atoms with Gasteiger partial charge in [0.2, 0.25) is 5.91 Å². The predicted molar refractivity (Wildman–Crippen MR) is 126 cm³/mol. The zero-order valence-corrected chi connectivity index (χ0v) is 19.1. The third kappa shape index (κ3) is 5.75. The molecular weight excluding hydrogens is 406 g/mol. The van der Waals surface area contributed by atoms with Crippen molar-refractivity contribution >= 4 is 16.8 Å². The summed E-state index contributed by atoms with van der Waals surface area (Å²) in [5, 5.41) is 3.93. The highest BCUT2D eigenvalue weighted by molar-refractivity contribution is 5.81. The van der Waals surface area contributed by atoms with Crippen LogP contribution in [-0.4, -0.2) is 29.2 Å². The maximum atomic E-state index is 13.4. The molecule has 1 heterocycles. The number of fused-ring (bicyclic) bond motifs is 1. The van der Waals surface area contributed by atoms with Crippen molar-refractivity contribution in [2.45, 2.75) is 51.9 Å². The minimum Gasteiger partial charge on any atom is -0.457 e. The predicted octanol–water partition coefficient (Wildman–Crippen LogP) is 3.57. The quantitative estimate of drug-likeness (QED) is 0.506. The summed E-state index contributed by atoms with van der Waals surface area (Å²) in [4.78, 5) is 24.7. The van der Waals surface area contributed by atoms with Gasteiger partial charge in [0.15, 0.2) is 0 Å². The number of amides is 1. The number of nitrogens with one attached hydrogen (secondary N) is 1. The molecule has 0 saturated carbocycles. The molecule has 0 aliphatic rings. The first-order chi connectivity index (χ1) is 15.2. The van der Waals surface area contributed by atoms with E-state index >= 15 is 0 Å². The number of hydrogen-bond acceptors (Lipinski definition) is 5. The van der Waals surface area contributed by atoms with Gasteiger partial charge < -0.3 is 25.1 Å². The van der Waals surface area contributed by atoms with Crippen LogP contribution in [-0.2, 0) is 22.6 Å². The third-order valence-electron chi connectivity index (χ3n) is 5.64. The standard InChI is InChI=1S/C25H31N3O4/c1-17(23(26)29)27-16-19-14-18-10-11-21(32-20-8-6-5-7-9-20)15-22(18)28(24(19)30)13-12-25(2,3)31-4/h5-11,14-15,17,27H,12-13,16H2,1-4H3,(H2,26,29). The van der Waals surface area contributed by atoms with Gasteiger partial charge in [0.25, 0.3) is 5.56 Å².